The highest BCUT2D eigenvalue weighted by atomic mass is 16.2. The molecule has 104 valence electrons. The van der Waals surface area contributed by atoms with Gasteiger partial charge in [-0.1, -0.05) is 25.7 Å². The number of imide groups is 1. The minimum atomic E-state index is -0.290. The lowest BCUT2D eigenvalue weighted by Crippen LogP contribution is -2.46. The fraction of sp³-hybridized carbons (Fsp3) is 0.400. The third kappa shape index (κ3) is 3.03. The Morgan fingerprint density at radius 2 is 2.00 bits per heavy atom. The van der Waals surface area contributed by atoms with Crippen LogP contribution >= 0.6 is 0 Å². The van der Waals surface area contributed by atoms with Gasteiger partial charge in [0.15, 0.2) is 0 Å². The van der Waals surface area contributed by atoms with Gasteiger partial charge in [0.05, 0.1) is 6.54 Å². The zero-order valence-corrected chi connectivity index (χ0v) is 11.6. The van der Waals surface area contributed by atoms with Crippen molar-refractivity contribution in [3.63, 3.8) is 0 Å². The Kier molecular flexibility index (Phi) is 3.86. The smallest absolute Gasteiger partial charge is 0.235 e. The number of aromatic nitrogens is 1. The van der Waals surface area contributed by atoms with E-state index in [-0.39, 0.29) is 23.8 Å². The number of nitrogens with zero attached hydrogens (tertiary/aromatic N) is 2. The molecule has 0 aromatic carbocycles. The van der Waals surface area contributed by atoms with Crippen molar-refractivity contribution in [1.82, 2.24) is 4.98 Å². The first kappa shape index (κ1) is 14.2. The van der Waals surface area contributed by atoms with Crippen molar-refractivity contribution >= 4 is 17.6 Å². The molecule has 5 nitrogen and oxygen atoms in total. The minimum Gasteiger partial charge on any atom is -0.320 e. The van der Waals surface area contributed by atoms with Crippen LogP contribution in [0, 0.1) is 17.3 Å². The number of carbonyl (C=O) groups excluding carboxylic acids is 2. The maximum atomic E-state index is 12.2. The van der Waals surface area contributed by atoms with E-state index >= 15 is 0 Å². The maximum absolute atomic E-state index is 12.2. The molecule has 1 saturated heterocycles. The van der Waals surface area contributed by atoms with Gasteiger partial charge in [-0.15, -0.1) is 0 Å². The first-order chi connectivity index (χ1) is 9.43. The molecule has 0 unspecified atom stereocenters. The van der Waals surface area contributed by atoms with Gasteiger partial charge >= 0.3 is 0 Å². The second kappa shape index (κ2) is 5.43. The molecule has 2 N–H and O–H groups in total. The zero-order valence-electron chi connectivity index (χ0n) is 11.6. The lowest BCUT2D eigenvalue weighted by molar-refractivity contribution is -0.132. The molecule has 1 aliphatic heterocycles. The van der Waals surface area contributed by atoms with Crippen LogP contribution in [0.2, 0.25) is 0 Å². The van der Waals surface area contributed by atoms with E-state index in [2.05, 4.69) is 16.8 Å². The molecule has 2 rings (SSSR count). The number of hydrogen-bond donors (Lipinski definition) is 1. The SMILES string of the molecule is CC1(C)CC(=O)N(c2cc(C#CCN)ccn2)C(=O)C1. The number of piperidine rings is 1. The third-order valence-electron chi connectivity index (χ3n) is 3.07. The fourth-order valence-corrected chi connectivity index (χ4v) is 2.21. The van der Waals surface area contributed by atoms with Crippen LogP contribution < -0.4 is 10.6 Å². The van der Waals surface area contributed by atoms with E-state index in [4.69, 9.17) is 5.73 Å². The Balaban J connectivity index is 2.32. The van der Waals surface area contributed by atoms with Crippen LogP contribution in [-0.2, 0) is 9.59 Å². The van der Waals surface area contributed by atoms with Gasteiger partial charge in [-0.05, 0) is 17.5 Å². The van der Waals surface area contributed by atoms with Crippen LogP contribution in [0.4, 0.5) is 5.82 Å². The number of carbonyl (C=O) groups is 2. The van der Waals surface area contributed by atoms with E-state index in [9.17, 15) is 9.59 Å². The molecule has 0 aliphatic carbocycles. The Morgan fingerprint density at radius 1 is 1.35 bits per heavy atom. The van der Waals surface area contributed by atoms with Gasteiger partial charge in [0.25, 0.3) is 0 Å². The molecule has 0 atom stereocenters. The topological polar surface area (TPSA) is 76.3 Å². The van der Waals surface area contributed by atoms with E-state index in [0.29, 0.717) is 24.2 Å². The summed E-state index contributed by atoms with van der Waals surface area (Å²) in [5, 5.41) is 0. The van der Waals surface area contributed by atoms with Crippen molar-refractivity contribution in [2.75, 3.05) is 11.4 Å². The van der Waals surface area contributed by atoms with Crippen LogP contribution in [0.15, 0.2) is 18.3 Å². The largest absolute Gasteiger partial charge is 0.320 e. The monoisotopic (exact) mass is 271 g/mol. The summed E-state index contributed by atoms with van der Waals surface area (Å²) in [5.41, 5.74) is 5.72. The van der Waals surface area contributed by atoms with E-state index < -0.39 is 0 Å². The van der Waals surface area contributed by atoms with Crippen LogP contribution in [-0.4, -0.2) is 23.3 Å². The van der Waals surface area contributed by atoms with E-state index in [1.807, 2.05) is 13.8 Å². The molecule has 2 heterocycles. The van der Waals surface area contributed by atoms with Gasteiger partial charge < -0.3 is 5.73 Å². The van der Waals surface area contributed by atoms with Crippen molar-refractivity contribution in [3.05, 3.63) is 23.9 Å². The average Bonchev–Trinajstić information content (AvgIpc) is 2.34. The van der Waals surface area contributed by atoms with Crippen LogP contribution in [0.25, 0.3) is 0 Å². The summed E-state index contributed by atoms with van der Waals surface area (Å²) in [7, 11) is 0. The van der Waals surface area contributed by atoms with Gasteiger partial charge in [0.1, 0.15) is 5.82 Å². The number of rotatable bonds is 1. The minimum absolute atomic E-state index is 0.220. The quantitative estimate of drug-likeness (QED) is 0.612. The van der Waals surface area contributed by atoms with Gasteiger partial charge in [0, 0.05) is 24.6 Å². The van der Waals surface area contributed by atoms with Crippen molar-refractivity contribution in [2.45, 2.75) is 26.7 Å². The highest BCUT2D eigenvalue weighted by Gasteiger charge is 2.38. The summed E-state index contributed by atoms with van der Waals surface area (Å²) in [6.45, 7) is 4.08. The van der Waals surface area contributed by atoms with Gasteiger partial charge in [-0.2, -0.15) is 0 Å². The number of pyridine rings is 1. The van der Waals surface area contributed by atoms with E-state index in [1.54, 1.807) is 12.1 Å². The highest BCUT2D eigenvalue weighted by Crippen LogP contribution is 2.33. The van der Waals surface area contributed by atoms with Crippen LogP contribution in [0.1, 0.15) is 32.3 Å². The summed E-state index contributed by atoms with van der Waals surface area (Å²) in [6.07, 6.45) is 2.20. The van der Waals surface area contributed by atoms with Gasteiger partial charge in [-0.25, -0.2) is 9.88 Å². The summed E-state index contributed by atoms with van der Waals surface area (Å²) in [6, 6.07) is 3.35. The lowest BCUT2D eigenvalue weighted by Gasteiger charge is -2.34. The van der Waals surface area contributed by atoms with Crippen LogP contribution in [0.5, 0.6) is 0 Å². The number of nitrogens with two attached hydrogens (primary N) is 1. The summed E-state index contributed by atoms with van der Waals surface area (Å²) in [4.78, 5) is 29.6. The highest BCUT2D eigenvalue weighted by molar-refractivity contribution is 6.16. The zero-order chi connectivity index (χ0) is 14.8. The van der Waals surface area contributed by atoms with E-state index in [1.165, 1.54) is 6.20 Å². The maximum Gasteiger partial charge on any atom is 0.235 e. The lowest BCUT2D eigenvalue weighted by atomic mass is 9.82. The van der Waals surface area contributed by atoms with Crippen molar-refractivity contribution < 1.29 is 9.59 Å². The van der Waals surface area contributed by atoms with E-state index in [0.717, 1.165) is 4.90 Å². The molecule has 5 heteroatoms. The molecule has 1 aliphatic rings. The summed E-state index contributed by atoms with van der Waals surface area (Å²) in [5.74, 6) is 5.49. The first-order valence-electron chi connectivity index (χ1n) is 6.44. The van der Waals surface area contributed by atoms with Crippen molar-refractivity contribution in [2.24, 2.45) is 11.1 Å². The molecule has 2 amide bonds. The predicted octanol–water partition coefficient (Wildman–Crippen LogP) is 1.07. The molecule has 0 saturated carbocycles. The summed E-state index contributed by atoms with van der Waals surface area (Å²) >= 11 is 0. The molecule has 0 spiro atoms. The Bertz CT molecular complexity index is 591. The number of anilines is 1. The second-order valence-electron chi connectivity index (χ2n) is 5.55. The number of hydrogen-bond acceptors (Lipinski definition) is 4. The van der Waals surface area contributed by atoms with Gasteiger partial charge in [0.2, 0.25) is 11.8 Å². The number of amides is 2. The molecular formula is C15H17N3O2. The Labute approximate surface area is 118 Å². The normalized spacial score (nSPS) is 17.6. The molecule has 1 aromatic rings. The second-order valence-corrected chi connectivity index (χ2v) is 5.55. The van der Waals surface area contributed by atoms with Gasteiger partial charge in [-0.3, -0.25) is 9.59 Å². The Hall–Kier alpha value is -2.19. The fourth-order valence-electron chi connectivity index (χ4n) is 2.21. The molecule has 1 aromatic heterocycles. The Morgan fingerprint density at radius 3 is 2.60 bits per heavy atom. The van der Waals surface area contributed by atoms with Crippen molar-refractivity contribution in [3.8, 4) is 11.8 Å². The molecule has 0 bridgehead atoms. The van der Waals surface area contributed by atoms with Crippen molar-refractivity contribution in [1.29, 1.82) is 0 Å². The standard InChI is InChI=1S/C15H17N3O2/c1-15(2)9-13(19)18(14(20)10-15)12-8-11(4-3-6-16)5-7-17-12/h5,7-8H,6,9-10,16H2,1-2H3. The third-order valence-corrected chi connectivity index (χ3v) is 3.07. The molecule has 0 radical (unpaired) electrons. The predicted molar refractivity (Wildman–Crippen MR) is 75.7 cm³/mol. The van der Waals surface area contributed by atoms with Crippen LogP contribution in [0.3, 0.4) is 0 Å². The summed E-state index contributed by atoms with van der Waals surface area (Å²) < 4.78 is 0. The average molecular weight is 271 g/mol. The molecule has 20 heavy (non-hydrogen) atoms. The first-order valence-corrected chi connectivity index (χ1v) is 6.44. The molecule has 1 fully saturated rings. The molecular weight excluding hydrogens is 254 g/mol.